The van der Waals surface area contributed by atoms with E-state index in [-0.39, 0.29) is 68.2 Å². The number of aliphatic hydroxyl groups is 1. The van der Waals surface area contributed by atoms with E-state index in [1.807, 2.05) is 66.7 Å². The molecule has 1 aliphatic rings. The van der Waals surface area contributed by atoms with Crippen molar-refractivity contribution in [2.75, 3.05) is 46.1 Å². The maximum Gasteiger partial charge on any atom is 0.409 e. The van der Waals surface area contributed by atoms with Crippen LogP contribution in [0.4, 0.5) is 4.79 Å². The molecule has 0 aliphatic carbocycles. The predicted octanol–water partition coefficient (Wildman–Crippen LogP) is 5.76. The Morgan fingerprint density at radius 2 is 1.57 bits per heavy atom. The number of rotatable bonds is 18. The fourth-order valence-electron chi connectivity index (χ4n) is 6.26. The maximum atomic E-state index is 13.1. The van der Waals surface area contributed by atoms with Gasteiger partial charge in [-0.05, 0) is 59.7 Å². The summed E-state index contributed by atoms with van der Waals surface area (Å²) in [4.78, 5) is 19.2. The van der Waals surface area contributed by atoms with Crippen LogP contribution in [0.15, 0.2) is 84.9 Å². The Labute approximate surface area is 296 Å². The van der Waals surface area contributed by atoms with E-state index in [0.717, 1.165) is 27.5 Å². The number of likely N-dealkylation sites (tertiary alicyclic amines) is 1. The largest absolute Gasteiger partial charge is 0.508 e. The third-order valence-electron chi connectivity index (χ3n) is 8.81. The second-order valence-electron chi connectivity index (χ2n) is 12.4. The first-order chi connectivity index (χ1) is 24.8. The standard InChI is InChI=1S/C38H46N2O11/c41-24-31-22-39(38(44)49-17-5-6-19-51-40(45)46)23-36(50-25-27-20-29-8-1-3-10-33(29)35(43)21-27)37(31)28-12-14-32(15-13-28)48-18-7-16-47-26-30-9-2-4-11-34(30)42/h1-4,8-15,20-21,31,36-37,41-43,45-46H,5-7,16-19,22-26H2. The molecule has 13 nitrogen and oxygen atoms in total. The highest BCUT2D eigenvalue weighted by Gasteiger charge is 2.40. The lowest BCUT2D eigenvalue weighted by atomic mass is 9.79. The number of ether oxygens (including phenoxy) is 4. The van der Waals surface area contributed by atoms with Gasteiger partial charge in [-0.3, -0.25) is 15.3 Å². The number of phenols is 2. The van der Waals surface area contributed by atoms with E-state index in [4.69, 9.17) is 29.4 Å². The average Bonchev–Trinajstić information content (AvgIpc) is 3.14. The molecule has 51 heavy (non-hydrogen) atoms. The molecule has 4 aromatic rings. The zero-order valence-electron chi connectivity index (χ0n) is 28.4. The number of hydrogen-bond acceptors (Lipinski definition) is 12. The van der Waals surface area contributed by atoms with Gasteiger partial charge in [0.2, 0.25) is 0 Å². The van der Waals surface area contributed by atoms with Gasteiger partial charge in [0.05, 0.1) is 57.7 Å². The fraction of sp³-hybridized carbons (Fsp3) is 0.395. The van der Waals surface area contributed by atoms with Gasteiger partial charge in [0.1, 0.15) is 17.2 Å². The number of carbonyl (C=O) groups excluding carboxylic acids is 1. The van der Waals surface area contributed by atoms with Crippen LogP contribution in [0.3, 0.4) is 0 Å². The number of fused-ring (bicyclic) bond motifs is 1. The van der Waals surface area contributed by atoms with E-state index in [1.54, 1.807) is 18.2 Å². The second-order valence-corrected chi connectivity index (χ2v) is 12.4. The van der Waals surface area contributed by atoms with E-state index >= 15 is 0 Å². The van der Waals surface area contributed by atoms with E-state index in [9.17, 15) is 20.1 Å². The summed E-state index contributed by atoms with van der Waals surface area (Å²) < 4.78 is 23.6. The minimum Gasteiger partial charge on any atom is -0.508 e. The molecule has 0 aromatic heterocycles. The number of aliphatic hydroxyl groups excluding tert-OH is 1. The Hall–Kier alpha value is -4.47. The summed E-state index contributed by atoms with van der Waals surface area (Å²) in [6.45, 7) is 1.82. The molecule has 1 aliphatic heterocycles. The van der Waals surface area contributed by atoms with Gasteiger partial charge >= 0.3 is 6.09 Å². The number of phenolic OH excluding ortho intramolecular Hbond substituents is 2. The van der Waals surface area contributed by atoms with Crippen molar-refractivity contribution < 1.29 is 54.3 Å². The molecule has 3 unspecified atom stereocenters. The molecule has 1 saturated heterocycles. The second kappa shape index (κ2) is 19.2. The Morgan fingerprint density at radius 3 is 2.35 bits per heavy atom. The molecule has 13 heteroatoms. The summed E-state index contributed by atoms with van der Waals surface area (Å²) in [5.74, 6) is 0.423. The van der Waals surface area contributed by atoms with Crippen molar-refractivity contribution in [3.05, 3.63) is 102 Å². The van der Waals surface area contributed by atoms with Crippen LogP contribution < -0.4 is 4.74 Å². The number of para-hydroxylation sites is 1. The number of aromatic hydroxyl groups is 2. The molecule has 3 atom stereocenters. The molecule has 0 saturated carbocycles. The molecule has 1 heterocycles. The van der Waals surface area contributed by atoms with Gasteiger partial charge in [0, 0.05) is 42.4 Å². The third kappa shape index (κ3) is 11.0. The highest BCUT2D eigenvalue weighted by molar-refractivity contribution is 5.88. The molecule has 0 spiro atoms. The smallest absolute Gasteiger partial charge is 0.409 e. The van der Waals surface area contributed by atoms with E-state index in [1.165, 1.54) is 4.90 Å². The lowest BCUT2D eigenvalue weighted by Gasteiger charge is -2.43. The van der Waals surface area contributed by atoms with Gasteiger partial charge in [-0.1, -0.05) is 54.6 Å². The SMILES string of the molecule is O=C(OCCCCON(O)O)N1CC(CO)C(c2ccc(OCCCOCc3ccccc3O)cc2)C(OCc2cc(O)c3ccccc3c2)C1. The molecular weight excluding hydrogens is 660 g/mol. The van der Waals surface area contributed by atoms with Gasteiger partial charge < -0.3 is 39.2 Å². The number of unbranched alkanes of at least 4 members (excludes halogenated alkanes) is 1. The minimum atomic E-state index is -0.538. The van der Waals surface area contributed by atoms with Gasteiger partial charge in [-0.15, -0.1) is 0 Å². The monoisotopic (exact) mass is 706 g/mol. The van der Waals surface area contributed by atoms with Crippen LogP contribution in [0.5, 0.6) is 17.2 Å². The number of piperidine rings is 1. The summed E-state index contributed by atoms with van der Waals surface area (Å²) in [6.07, 6.45) is 0.491. The van der Waals surface area contributed by atoms with Crippen molar-refractivity contribution in [3.8, 4) is 17.2 Å². The van der Waals surface area contributed by atoms with Gasteiger partial charge in [-0.2, -0.15) is 0 Å². The van der Waals surface area contributed by atoms with Gasteiger partial charge in [0.25, 0.3) is 0 Å². The Morgan fingerprint density at radius 1 is 0.804 bits per heavy atom. The molecule has 5 N–H and O–H groups in total. The summed E-state index contributed by atoms with van der Waals surface area (Å²) >= 11 is 0. The lowest BCUT2D eigenvalue weighted by molar-refractivity contribution is -0.492. The Bertz CT molecular complexity index is 1670. The highest BCUT2D eigenvalue weighted by Crippen LogP contribution is 2.37. The molecule has 1 amide bonds. The van der Waals surface area contributed by atoms with E-state index in [0.29, 0.717) is 44.8 Å². The highest BCUT2D eigenvalue weighted by atomic mass is 17.1. The number of hydrogen-bond donors (Lipinski definition) is 5. The van der Waals surface area contributed by atoms with Gasteiger partial charge in [0.15, 0.2) is 0 Å². The van der Waals surface area contributed by atoms with Crippen LogP contribution >= 0.6 is 0 Å². The number of benzene rings is 4. The maximum absolute atomic E-state index is 13.1. The Kier molecular flexibility index (Phi) is 14.2. The van der Waals surface area contributed by atoms with Crippen LogP contribution in [0.2, 0.25) is 0 Å². The average molecular weight is 707 g/mol. The molecule has 274 valence electrons. The molecular formula is C38H46N2O11. The number of amides is 1. The summed E-state index contributed by atoms with van der Waals surface area (Å²) in [5, 5.41) is 49.6. The van der Waals surface area contributed by atoms with Crippen molar-refractivity contribution in [3.63, 3.8) is 0 Å². The summed E-state index contributed by atoms with van der Waals surface area (Å²) in [5.41, 5.74) is 2.43. The quantitative estimate of drug-likeness (QED) is 0.0627. The topological polar surface area (TPSA) is 171 Å². The van der Waals surface area contributed by atoms with Crippen molar-refractivity contribution in [1.82, 2.24) is 10.3 Å². The minimum absolute atomic E-state index is 0.0435. The first-order valence-corrected chi connectivity index (χ1v) is 17.1. The molecule has 0 radical (unpaired) electrons. The molecule has 5 rings (SSSR count). The zero-order chi connectivity index (χ0) is 36.0. The van der Waals surface area contributed by atoms with Crippen LogP contribution in [-0.4, -0.2) is 94.3 Å². The fourth-order valence-corrected chi connectivity index (χ4v) is 6.26. The molecule has 4 aromatic carbocycles. The van der Waals surface area contributed by atoms with Crippen LogP contribution in [0.25, 0.3) is 10.8 Å². The normalized spacial score (nSPS) is 17.6. The third-order valence-corrected chi connectivity index (χ3v) is 8.81. The molecule has 0 bridgehead atoms. The predicted molar refractivity (Wildman–Crippen MR) is 185 cm³/mol. The Balaban J connectivity index is 1.21. The lowest BCUT2D eigenvalue weighted by Crippen LogP contribution is -2.52. The van der Waals surface area contributed by atoms with Crippen LogP contribution in [-0.2, 0) is 32.3 Å². The van der Waals surface area contributed by atoms with Crippen molar-refractivity contribution in [2.24, 2.45) is 5.92 Å². The van der Waals surface area contributed by atoms with E-state index in [2.05, 4.69) is 4.84 Å². The zero-order valence-corrected chi connectivity index (χ0v) is 28.4. The van der Waals surface area contributed by atoms with Crippen molar-refractivity contribution in [1.29, 1.82) is 0 Å². The first-order valence-electron chi connectivity index (χ1n) is 17.1. The van der Waals surface area contributed by atoms with Crippen LogP contribution in [0, 0.1) is 5.92 Å². The number of carbonyl (C=O) groups is 1. The summed E-state index contributed by atoms with van der Waals surface area (Å²) in [7, 11) is 0. The summed E-state index contributed by atoms with van der Waals surface area (Å²) in [6, 6.07) is 25.9. The van der Waals surface area contributed by atoms with Crippen molar-refractivity contribution in [2.45, 2.75) is 44.5 Å². The van der Waals surface area contributed by atoms with E-state index < -0.39 is 12.2 Å². The first kappa shape index (κ1) is 37.8. The van der Waals surface area contributed by atoms with Crippen LogP contribution in [0.1, 0.15) is 41.9 Å². The molecule has 1 fully saturated rings. The number of nitrogens with zero attached hydrogens (tertiary/aromatic N) is 2. The van der Waals surface area contributed by atoms with Crippen molar-refractivity contribution >= 4 is 16.9 Å². The van der Waals surface area contributed by atoms with Gasteiger partial charge in [-0.25, -0.2) is 4.79 Å².